The number of thiazole rings is 1. The van der Waals surface area contributed by atoms with Crippen LogP contribution in [0.2, 0.25) is 5.02 Å². The van der Waals surface area contributed by atoms with Gasteiger partial charge in [-0.3, -0.25) is 19.8 Å². The third-order valence-corrected chi connectivity index (χ3v) is 5.21. The molecule has 0 radical (unpaired) electrons. The fraction of sp³-hybridized carbons (Fsp3) is 0.222. The topological polar surface area (TPSA) is 79.6 Å². The number of carbonyl (C=O) groups excluding carboxylic acids is 1. The lowest BCUT2D eigenvalue weighted by atomic mass is 10.1. The molecule has 2 aromatic carbocycles. The summed E-state index contributed by atoms with van der Waals surface area (Å²) in [6, 6.07) is 11.5. The number of para-hydroxylation sites is 1. The van der Waals surface area contributed by atoms with E-state index in [1.165, 1.54) is 34.4 Å². The quantitative estimate of drug-likeness (QED) is 0.457. The van der Waals surface area contributed by atoms with E-state index in [1.54, 1.807) is 0 Å². The first-order valence-electron chi connectivity index (χ1n) is 8.13. The average Bonchev–Trinajstić information content (AvgIpc) is 3.04. The van der Waals surface area contributed by atoms with E-state index >= 15 is 0 Å². The molecule has 9 heteroatoms. The Morgan fingerprint density at radius 3 is 2.63 bits per heavy atom. The number of hydrogen-bond acceptors (Lipinski definition) is 6. The molecular weight excluding hydrogens is 388 g/mol. The molecule has 0 bridgehead atoms. The maximum Gasteiger partial charge on any atom is 0.282 e. The van der Waals surface area contributed by atoms with Gasteiger partial charge < -0.3 is 4.90 Å². The molecule has 0 unspecified atom stereocenters. The number of nitro benzene ring substituents is 1. The van der Waals surface area contributed by atoms with Crippen LogP contribution in [0.25, 0.3) is 10.2 Å². The maximum atomic E-state index is 13.2. The van der Waals surface area contributed by atoms with Gasteiger partial charge in [-0.05, 0) is 38.4 Å². The molecule has 140 valence electrons. The van der Waals surface area contributed by atoms with Gasteiger partial charge in [-0.2, -0.15) is 0 Å². The number of aromatic nitrogens is 1. The van der Waals surface area contributed by atoms with E-state index in [0.29, 0.717) is 18.2 Å². The summed E-state index contributed by atoms with van der Waals surface area (Å²) in [7, 11) is 3.78. The van der Waals surface area contributed by atoms with Gasteiger partial charge in [-0.15, -0.1) is 0 Å². The van der Waals surface area contributed by atoms with Crippen LogP contribution in [0.15, 0.2) is 42.5 Å². The van der Waals surface area contributed by atoms with Crippen LogP contribution in [-0.4, -0.2) is 47.9 Å². The van der Waals surface area contributed by atoms with Crippen molar-refractivity contribution in [2.75, 3.05) is 32.1 Å². The van der Waals surface area contributed by atoms with E-state index in [4.69, 9.17) is 11.6 Å². The number of nitrogens with zero attached hydrogens (tertiary/aromatic N) is 4. The molecule has 0 atom stereocenters. The SMILES string of the molecule is CN(C)CCN(C(=O)c1cc(Cl)ccc1[N+](=O)[O-])c1nc2ccccc2s1. The maximum absolute atomic E-state index is 13.2. The molecule has 3 rings (SSSR count). The van der Waals surface area contributed by atoms with Crippen molar-refractivity contribution >= 4 is 49.9 Å². The zero-order valence-electron chi connectivity index (χ0n) is 14.8. The number of amides is 1. The van der Waals surface area contributed by atoms with Crippen molar-refractivity contribution in [1.82, 2.24) is 9.88 Å². The minimum Gasteiger partial charge on any atom is -0.308 e. The fourth-order valence-electron chi connectivity index (χ4n) is 2.54. The number of hydrogen-bond donors (Lipinski definition) is 0. The minimum atomic E-state index is -0.577. The van der Waals surface area contributed by atoms with Gasteiger partial charge >= 0.3 is 0 Å². The molecule has 1 aromatic heterocycles. The number of anilines is 1. The Morgan fingerprint density at radius 2 is 1.96 bits per heavy atom. The summed E-state index contributed by atoms with van der Waals surface area (Å²) >= 11 is 7.36. The van der Waals surface area contributed by atoms with Crippen molar-refractivity contribution in [2.45, 2.75) is 0 Å². The van der Waals surface area contributed by atoms with Crippen LogP contribution in [-0.2, 0) is 0 Å². The highest BCUT2D eigenvalue weighted by Crippen LogP contribution is 2.31. The van der Waals surface area contributed by atoms with E-state index in [1.807, 2.05) is 43.3 Å². The summed E-state index contributed by atoms with van der Waals surface area (Å²) in [4.78, 5) is 32.0. The Bertz CT molecular complexity index is 972. The van der Waals surface area contributed by atoms with Gasteiger partial charge in [0.2, 0.25) is 0 Å². The predicted octanol–water partition coefficient (Wildman–Crippen LogP) is 4.07. The molecule has 27 heavy (non-hydrogen) atoms. The number of benzene rings is 2. The van der Waals surface area contributed by atoms with Crippen LogP contribution in [0.4, 0.5) is 10.8 Å². The van der Waals surface area contributed by atoms with Gasteiger partial charge in [0.05, 0.1) is 15.1 Å². The number of rotatable bonds is 6. The number of nitro groups is 1. The highest BCUT2D eigenvalue weighted by molar-refractivity contribution is 7.22. The number of carbonyl (C=O) groups is 1. The molecule has 0 spiro atoms. The first-order valence-corrected chi connectivity index (χ1v) is 9.32. The van der Waals surface area contributed by atoms with Crippen LogP contribution in [0.3, 0.4) is 0 Å². The molecule has 0 aliphatic heterocycles. The summed E-state index contributed by atoms with van der Waals surface area (Å²) in [5.74, 6) is -0.495. The summed E-state index contributed by atoms with van der Waals surface area (Å²) in [5, 5.41) is 12.1. The predicted molar refractivity (Wildman–Crippen MR) is 108 cm³/mol. The van der Waals surface area contributed by atoms with E-state index < -0.39 is 10.8 Å². The highest BCUT2D eigenvalue weighted by atomic mass is 35.5. The first kappa shape index (κ1) is 19.2. The standard InChI is InChI=1S/C18H17ClN4O3S/c1-21(2)9-10-22(18-20-14-5-3-4-6-16(14)27-18)17(24)13-11-12(19)7-8-15(13)23(25)26/h3-8,11H,9-10H2,1-2H3. The van der Waals surface area contributed by atoms with Crippen LogP contribution in [0.1, 0.15) is 10.4 Å². The third-order valence-electron chi connectivity index (χ3n) is 3.92. The molecule has 0 saturated heterocycles. The monoisotopic (exact) mass is 404 g/mol. The smallest absolute Gasteiger partial charge is 0.282 e. The fourth-order valence-corrected chi connectivity index (χ4v) is 3.71. The Labute approximate surface area is 164 Å². The Kier molecular flexibility index (Phi) is 5.69. The third kappa shape index (κ3) is 4.24. The molecule has 0 fully saturated rings. The Balaban J connectivity index is 2.06. The zero-order valence-corrected chi connectivity index (χ0v) is 16.3. The lowest BCUT2D eigenvalue weighted by Gasteiger charge is -2.22. The minimum absolute atomic E-state index is 0.0505. The van der Waals surface area contributed by atoms with Gasteiger partial charge in [0.25, 0.3) is 11.6 Å². The van der Waals surface area contributed by atoms with Crippen molar-refractivity contribution in [3.63, 3.8) is 0 Å². The molecule has 0 aliphatic rings. The lowest BCUT2D eigenvalue weighted by molar-refractivity contribution is -0.385. The molecular formula is C18H17ClN4O3S. The van der Waals surface area contributed by atoms with Crippen LogP contribution < -0.4 is 4.90 Å². The second-order valence-electron chi connectivity index (χ2n) is 6.14. The van der Waals surface area contributed by atoms with Gasteiger partial charge in [-0.1, -0.05) is 35.1 Å². The number of halogens is 1. The highest BCUT2D eigenvalue weighted by Gasteiger charge is 2.28. The number of fused-ring (bicyclic) bond motifs is 1. The van der Waals surface area contributed by atoms with E-state index in [2.05, 4.69) is 4.98 Å². The van der Waals surface area contributed by atoms with E-state index in [0.717, 1.165) is 10.2 Å². The molecule has 0 aliphatic carbocycles. The first-order chi connectivity index (χ1) is 12.9. The average molecular weight is 405 g/mol. The van der Waals surface area contributed by atoms with Crippen molar-refractivity contribution in [1.29, 1.82) is 0 Å². The van der Waals surface area contributed by atoms with E-state index in [-0.39, 0.29) is 16.3 Å². The van der Waals surface area contributed by atoms with Crippen molar-refractivity contribution in [3.8, 4) is 0 Å². The Hall–Kier alpha value is -2.55. The van der Waals surface area contributed by atoms with Crippen molar-refractivity contribution in [3.05, 3.63) is 63.2 Å². The normalized spacial score (nSPS) is 11.1. The van der Waals surface area contributed by atoms with Gasteiger partial charge in [0, 0.05) is 24.2 Å². The van der Waals surface area contributed by atoms with Gasteiger partial charge in [0.1, 0.15) is 5.56 Å². The van der Waals surface area contributed by atoms with Crippen LogP contribution in [0, 0.1) is 10.1 Å². The summed E-state index contributed by atoms with van der Waals surface area (Å²) in [6.45, 7) is 0.922. The summed E-state index contributed by atoms with van der Waals surface area (Å²) < 4.78 is 0.941. The molecule has 7 nitrogen and oxygen atoms in total. The van der Waals surface area contributed by atoms with Crippen molar-refractivity contribution in [2.24, 2.45) is 0 Å². The van der Waals surface area contributed by atoms with Gasteiger partial charge in [0.15, 0.2) is 5.13 Å². The van der Waals surface area contributed by atoms with Crippen LogP contribution >= 0.6 is 22.9 Å². The van der Waals surface area contributed by atoms with E-state index in [9.17, 15) is 14.9 Å². The molecule has 1 amide bonds. The Morgan fingerprint density at radius 1 is 1.22 bits per heavy atom. The lowest BCUT2D eigenvalue weighted by Crippen LogP contribution is -2.37. The largest absolute Gasteiger partial charge is 0.308 e. The summed E-state index contributed by atoms with van der Waals surface area (Å²) in [6.07, 6.45) is 0. The summed E-state index contributed by atoms with van der Waals surface area (Å²) in [5.41, 5.74) is 0.451. The number of likely N-dealkylation sites (N-methyl/N-ethyl adjacent to an activating group) is 1. The second kappa shape index (κ2) is 7.99. The van der Waals surface area contributed by atoms with Crippen molar-refractivity contribution < 1.29 is 9.72 Å². The molecule has 0 N–H and O–H groups in total. The second-order valence-corrected chi connectivity index (χ2v) is 7.59. The van der Waals surface area contributed by atoms with Crippen LogP contribution in [0.5, 0.6) is 0 Å². The molecule has 1 heterocycles. The zero-order chi connectivity index (χ0) is 19.6. The molecule has 0 saturated carbocycles. The van der Waals surface area contributed by atoms with Gasteiger partial charge in [-0.25, -0.2) is 4.98 Å². The molecule has 3 aromatic rings.